The highest BCUT2D eigenvalue weighted by molar-refractivity contribution is 6.24. The fourth-order valence-corrected chi connectivity index (χ4v) is 8.26. The van der Waals surface area contributed by atoms with Gasteiger partial charge in [-0.25, -0.2) is 15.0 Å². The Morgan fingerprint density at radius 2 is 0.965 bits per heavy atom. The lowest BCUT2D eigenvalue weighted by atomic mass is 10.1. The van der Waals surface area contributed by atoms with E-state index in [1.165, 1.54) is 0 Å². The number of nitrogens with zero attached hydrogens (tertiary/aromatic N) is 7. The fraction of sp³-hybridized carbons (Fsp3) is 0. The molecule has 0 aliphatic carbocycles. The van der Waals surface area contributed by atoms with Crippen LogP contribution in [0.15, 0.2) is 180 Å². The smallest absolute Gasteiger partial charge is 0.246 e. The number of para-hydroxylation sites is 4. The third kappa shape index (κ3) is 4.84. The van der Waals surface area contributed by atoms with Crippen LogP contribution in [-0.4, -0.2) is 34.1 Å². The highest BCUT2D eigenvalue weighted by Gasteiger charge is 2.25. The SMILES string of the molecule is c1ccc(-c2nc(-c3ccccc3)nc(-n3c4ccccc4c4ccc5c6ccccc6n(-c6cccc7nc(-c8ccc9ccccc9n8)oc67)c5c43)n2)cc1. The molecule has 0 aliphatic heterocycles. The van der Waals surface area contributed by atoms with Crippen LogP contribution in [0.3, 0.4) is 0 Å². The maximum atomic E-state index is 6.74. The third-order valence-electron chi connectivity index (χ3n) is 10.8. The first-order valence-electron chi connectivity index (χ1n) is 18.9. The van der Waals surface area contributed by atoms with Crippen molar-refractivity contribution in [3.8, 4) is 46.0 Å². The zero-order chi connectivity index (χ0) is 37.5. The summed E-state index contributed by atoms with van der Waals surface area (Å²) < 4.78 is 11.2. The van der Waals surface area contributed by atoms with E-state index in [-0.39, 0.29) is 0 Å². The van der Waals surface area contributed by atoms with E-state index < -0.39 is 0 Å². The molecule has 12 rings (SSSR count). The Hall–Kier alpha value is -7.97. The summed E-state index contributed by atoms with van der Waals surface area (Å²) in [5.74, 6) is 2.19. The van der Waals surface area contributed by atoms with E-state index in [1.54, 1.807) is 0 Å². The van der Waals surface area contributed by atoms with Crippen molar-refractivity contribution in [1.82, 2.24) is 34.1 Å². The number of aromatic nitrogens is 7. The number of oxazole rings is 1. The number of hydrogen-bond donors (Lipinski definition) is 0. The number of hydrogen-bond acceptors (Lipinski definition) is 6. The molecule has 0 aliphatic rings. The van der Waals surface area contributed by atoms with E-state index in [0.717, 1.165) is 76.8 Å². The Balaban J connectivity index is 1.19. The van der Waals surface area contributed by atoms with Crippen molar-refractivity contribution in [3.05, 3.63) is 176 Å². The molecule has 0 bridgehead atoms. The molecule has 0 radical (unpaired) electrons. The molecule has 0 saturated carbocycles. The predicted molar refractivity (Wildman–Crippen MR) is 228 cm³/mol. The van der Waals surface area contributed by atoms with Crippen LogP contribution in [0.25, 0.3) is 112 Å². The van der Waals surface area contributed by atoms with Crippen LogP contribution >= 0.6 is 0 Å². The molecular weight excluding hydrogens is 703 g/mol. The van der Waals surface area contributed by atoms with Crippen molar-refractivity contribution in [1.29, 1.82) is 0 Å². The van der Waals surface area contributed by atoms with E-state index in [0.29, 0.717) is 34.8 Å². The number of benzene rings is 7. The molecule has 0 atom stereocenters. The molecule has 0 unspecified atom stereocenters. The molecular formula is C49H29N7O. The Kier molecular flexibility index (Phi) is 6.76. The van der Waals surface area contributed by atoms with Crippen molar-refractivity contribution in [2.24, 2.45) is 0 Å². The Labute approximate surface area is 325 Å². The van der Waals surface area contributed by atoms with Crippen molar-refractivity contribution in [2.75, 3.05) is 0 Å². The van der Waals surface area contributed by atoms with Crippen LogP contribution in [0.1, 0.15) is 0 Å². The molecule has 12 aromatic rings. The van der Waals surface area contributed by atoms with Gasteiger partial charge in [0.25, 0.3) is 0 Å². The molecule has 0 fully saturated rings. The maximum absolute atomic E-state index is 6.74. The Morgan fingerprint density at radius 3 is 1.67 bits per heavy atom. The Morgan fingerprint density at radius 1 is 0.386 bits per heavy atom. The van der Waals surface area contributed by atoms with Crippen LogP contribution < -0.4 is 0 Å². The predicted octanol–water partition coefficient (Wildman–Crippen LogP) is 11.8. The van der Waals surface area contributed by atoms with Crippen LogP contribution in [0, 0.1) is 0 Å². The standard InChI is InChI=1S/C49H29N7O/c1-3-15-31(16-4-1)46-52-47(32-17-5-2-6-18-32)54-49(53-46)56-41-24-12-9-20-34(41)36-28-27-35-33-19-8-11-23-40(33)55(43(35)44(36)56)42-25-13-22-38-45(42)57-48(51-38)39-29-26-30-14-7-10-21-37(30)50-39/h1-29H. The lowest BCUT2D eigenvalue weighted by molar-refractivity contribution is 0.615. The van der Waals surface area contributed by atoms with E-state index in [4.69, 9.17) is 29.3 Å². The van der Waals surface area contributed by atoms with Crippen LogP contribution in [0.5, 0.6) is 0 Å². The monoisotopic (exact) mass is 731 g/mol. The van der Waals surface area contributed by atoms with E-state index >= 15 is 0 Å². The second-order valence-corrected chi connectivity index (χ2v) is 14.1. The molecule has 8 nitrogen and oxygen atoms in total. The van der Waals surface area contributed by atoms with Gasteiger partial charge in [-0.2, -0.15) is 9.97 Å². The fourth-order valence-electron chi connectivity index (χ4n) is 8.26. The summed E-state index contributed by atoms with van der Waals surface area (Å²) in [6.07, 6.45) is 0. The van der Waals surface area contributed by atoms with Crippen LogP contribution in [-0.2, 0) is 0 Å². The summed E-state index contributed by atoms with van der Waals surface area (Å²) in [6, 6.07) is 59.9. The van der Waals surface area contributed by atoms with Gasteiger partial charge in [-0.1, -0.05) is 140 Å². The summed E-state index contributed by atoms with van der Waals surface area (Å²) in [7, 11) is 0. The number of fused-ring (bicyclic) bond motifs is 9. The van der Waals surface area contributed by atoms with Gasteiger partial charge in [-0.3, -0.25) is 4.57 Å². The minimum atomic E-state index is 0.468. The first-order chi connectivity index (χ1) is 28.3. The van der Waals surface area contributed by atoms with E-state index in [1.807, 2.05) is 97.1 Å². The highest BCUT2D eigenvalue weighted by Crippen LogP contribution is 2.43. The van der Waals surface area contributed by atoms with Crippen LogP contribution in [0.4, 0.5) is 0 Å². The highest BCUT2D eigenvalue weighted by atomic mass is 16.3. The minimum absolute atomic E-state index is 0.468. The average molecular weight is 732 g/mol. The normalized spacial score (nSPS) is 11.9. The zero-order valence-electron chi connectivity index (χ0n) is 30.3. The average Bonchev–Trinajstić information content (AvgIpc) is 3.97. The minimum Gasteiger partial charge on any atom is -0.432 e. The third-order valence-corrected chi connectivity index (χ3v) is 10.8. The largest absolute Gasteiger partial charge is 0.432 e. The topological polar surface area (TPSA) is 87.5 Å². The van der Waals surface area contributed by atoms with Crippen molar-refractivity contribution < 1.29 is 4.42 Å². The molecule has 57 heavy (non-hydrogen) atoms. The summed E-state index contributed by atoms with van der Waals surface area (Å²) in [6.45, 7) is 0. The van der Waals surface area contributed by atoms with Gasteiger partial charge in [-0.05, 0) is 36.4 Å². The maximum Gasteiger partial charge on any atom is 0.246 e. The van der Waals surface area contributed by atoms with Crippen LogP contribution in [0.2, 0.25) is 0 Å². The molecule has 8 heteroatoms. The molecule has 0 spiro atoms. The number of pyridine rings is 1. The second kappa shape index (κ2) is 12.3. The molecule has 5 aromatic heterocycles. The van der Waals surface area contributed by atoms with Gasteiger partial charge in [0, 0.05) is 38.1 Å². The quantitative estimate of drug-likeness (QED) is 0.175. The van der Waals surface area contributed by atoms with Gasteiger partial charge in [0.05, 0.1) is 33.3 Å². The van der Waals surface area contributed by atoms with Gasteiger partial charge in [0.2, 0.25) is 11.8 Å². The van der Waals surface area contributed by atoms with Crippen molar-refractivity contribution >= 4 is 65.6 Å². The molecule has 0 N–H and O–H groups in total. The lowest BCUT2D eigenvalue weighted by Crippen LogP contribution is -2.07. The first-order valence-corrected chi connectivity index (χ1v) is 18.9. The molecule has 266 valence electrons. The van der Waals surface area contributed by atoms with E-state index in [9.17, 15) is 0 Å². The van der Waals surface area contributed by atoms with Gasteiger partial charge in [-0.15, -0.1) is 0 Å². The molecule has 0 amide bonds. The van der Waals surface area contributed by atoms with Crippen molar-refractivity contribution in [2.45, 2.75) is 0 Å². The van der Waals surface area contributed by atoms with Gasteiger partial charge < -0.3 is 8.98 Å². The summed E-state index contributed by atoms with van der Waals surface area (Å²) >= 11 is 0. The summed E-state index contributed by atoms with van der Waals surface area (Å²) in [4.78, 5) is 25.4. The van der Waals surface area contributed by atoms with E-state index in [2.05, 4.69) is 88.0 Å². The summed E-state index contributed by atoms with van der Waals surface area (Å²) in [5, 5.41) is 5.45. The number of rotatable bonds is 5. The van der Waals surface area contributed by atoms with Gasteiger partial charge in [0.1, 0.15) is 11.2 Å². The molecule has 0 saturated heterocycles. The van der Waals surface area contributed by atoms with Crippen molar-refractivity contribution in [3.63, 3.8) is 0 Å². The summed E-state index contributed by atoms with van der Waals surface area (Å²) in [5.41, 5.74) is 9.67. The van der Waals surface area contributed by atoms with Gasteiger partial charge in [0.15, 0.2) is 17.2 Å². The van der Waals surface area contributed by atoms with Gasteiger partial charge >= 0.3 is 0 Å². The molecule has 5 heterocycles. The lowest BCUT2D eigenvalue weighted by Gasteiger charge is -2.13. The second-order valence-electron chi connectivity index (χ2n) is 14.1. The molecule has 7 aromatic carbocycles. The Bertz CT molecular complexity index is 3470. The first kappa shape index (κ1) is 31.4. The zero-order valence-corrected chi connectivity index (χ0v) is 30.3.